The number of benzene rings is 2. The zero-order valence-electron chi connectivity index (χ0n) is 9.84. The Labute approximate surface area is 111 Å². The van der Waals surface area contributed by atoms with Crippen LogP contribution in [0.15, 0.2) is 57.8 Å². The Morgan fingerprint density at radius 1 is 0.684 bits per heavy atom. The normalized spacial score (nSPS) is 12.2. The highest BCUT2D eigenvalue weighted by atomic mass is 32.1. The van der Waals surface area contributed by atoms with Crippen molar-refractivity contribution >= 4 is 53.4 Å². The lowest BCUT2D eigenvalue weighted by Crippen LogP contribution is -1.68. The Balaban J connectivity index is 2.06. The molecule has 0 aliphatic heterocycles. The van der Waals surface area contributed by atoms with Crippen molar-refractivity contribution in [3.63, 3.8) is 0 Å². The Morgan fingerprint density at radius 2 is 1.21 bits per heavy atom. The van der Waals surface area contributed by atoms with Gasteiger partial charge in [0.05, 0.1) is 12.5 Å². The van der Waals surface area contributed by atoms with Gasteiger partial charge in [0.2, 0.25) is 0 Å². The molecule has 3 heterocycles. The molecule has 0 unspecified atom stereocenters. The van der Waals surface area contributed by atoms with Crippen LogP contribution in [0.5, 0.6) is 0 Å². The Hall–Kier alpha value is -2.26. The van der Waals surface area contributed by atoms with Gasteiger partial charge in [0, 0.05) is 30.9 Å². The van der Waals surface area contributed by atoms with Gasteiger partial charge in [-0.3, -0.25) is 0 Å². The van der Waals surface area contributed by atoms with Gasteiger partial charge in [-0.25, -0.2) is 0 Å². The highest BCUT2D eigenvalue weighted by Crippen LogP contribution is 2.38. The summed E-state index contributed by atoms with van der Waals surface area (Å²) in [6, 6.07) is 12.7. The molecule has 0 atom stereocenters. The zero-order valence-corrected chi connectivity index (χ0v) is 10.7. The number of thiophene rings is 1. The van der Waals surface area contributed by atoms with Crippen molar-refractivity contribution in [3.05, 3.63) is 48.9 Å². The molecule has 2 nitrogen and oxygen atoms in total. The highest BCUT2D eigenvalue weighted by molar-refractivity contribution is 7.26. The molecule has 3 heteroatoms. The second-order valence-corrected chi connectivity index (χ2v) is 5.80. The average molecular weight is 264 g/mol. The third kappa shape index (κ3) is 1.20. The van der Waals surface area contributed by atoms with Crippen LogP contribution >= 0.6 is 11.3 Å². The molecule has 0 bridgehead atoms. The zero-order chi connectivity index (χ0) is 12.4. The van der Waals surface area contributed by atoms with Crippen LogP contribution in [0.4, 0.5) is 0 Å². The molecule has 0 N–H and O–H groups in total. The van der Waals surface area contributed by atoms with Gasteiger partial charge in [0.25, 0.3) is 0 Å². The monoisotopic (exact) mass is 264 g/mol. The number of hydrogen-bond donors (Lipinski definition) is 0. The van der Waals surface area contributed by atoms with E-state index in [1.54, 1.807) is 23.9 Å². The minimum absolute atomic E-state index is 0.947. The van der Waals surface area contributed by atoms with Gasteiger partial charge in [0.15, 0.2) is 0 Å². The first kappa shape index (κ1) is 9.64. The number of furan rings is 2. The van der Waals surface area contributed by atoms with E-state index in [1.165, 1.54) is 20.2 Å². The van der Waals surface area contributed by atoms with E-state index >= 15 is 0 Å². The average Bonchev–Trinajstić information content (AvgIpc) is 3.10. The van der Waals surface area contributed by atoms with E-state index in [2.05, 4.69) is 24.3 Å². The predicted molar refractivity (Wildman–Crippen MR) is 78.9 cm³/mol. The molecular weight excluding hydrogens is 256 g/mol. The molecule has 0 spiro atoms. The number of rotatable bonds is 0. The van der Waals surface area contributed by atoms with E-state index in [0.717, 1.165) is 21.9 Å². The topological polar surface area (TPSA) is 26.3 Å². The molecular formula is C16H8O2S. The van der Waals surface area contributed by atoms with Crippen LogP contribution in [0.3, 0.4) is 0 Å². The van der Waals surface area contributed by atoms with E-state index in [4.69, 9.17) is 8.83 Å². The number of fused-ring (bicyclic) bond motifs is 5. The predicted octanol–water partition coefficient (Wildman–Crippen LogP) is 5.55. The molecule has 90 valence electrons. The van der Waals surface area contributed by atoms with Gasteiger partial charge >= 0.3 is 0 Å². The summed E-state index contributed by atoms with van der Waals surface area (Å²) >= 11 is 1.78. The Bertz CT molecular complexity index is 977. The molecule has 3 aromatic heterocycles. The van der Waals surface area contributed by atoms with E-state index in [-0.39, 0.29) is 0 Å². The lowest BCUT2D eigenvalue weighted by molar-refractivity contribution is 0.616. The van der Waals surface area contributed by atoms with Crippen LogP contribution in [0.2, 0.25) is 0 Å². The van der Waals surface area contributed by atoms with Gasteiger partial charge in [0.1, 0.15) is 11.2 Å². The Kier molecular flexibility index (Phi) is 1.62. The van der Waals surface area contributed by atoms with Gasteiger partial charge < -0.3 is 8.83 Å². The maximum Gasteiger partial charge on any atom is 0.135 e. The van der Waals surface area contributed by atoms with Crippen LogP contribution in [0, 0.1) is 0 Å². The smallest absolute Gasteiger partial charge is 0.135 e. The summed E-state index contributed by atoms with van der Waals surface area (Å²) in [5.41, 5.74) is 1.89. The molecule has 0 amide bonds. The van der Waals surface area contributed by atoms with Crippen molar-refractivity contribution < 1.29 is 8.83 Å². The van der Waals surface area contributed by atoms with Gasteiger partial charge in [-0.05, 0) is 36.4 Å². The highest BCUT2D eigenvalue weighted by Gasteiger charge is 2.10. The molecule has 5 aromatic rings. The van der Waals surface area contributed by atoms with Crippen molar-refractivity contribution in [1.29, 1.82) is 0 Å². The van der Waals surface area contributed by atoms with Crippen LogP contribution in [-0.4, -0.2) is 0 Å². The minimum atomic E-state index is 0.947. The lowest BCUT2D eigenvalue weighted by Gasteiger charge is -1.93. The summed E-state index contributed by atoms with van der Waals surface area (Å²) in [5.74, 6) is 0. The fourth-order valence-electron chi connectivity index (χ4n) is 2.69. The van der Waals surface area contributed by atoms with Crippen LogP contribution in [0.1, 0.15) is 0 Å². The molecule has 0 aliphatic rings. The van der Waals surface area contributed by atoms with Crippen molar-refractivity contribution in [3.8, 4) is 0 Å². The van der Waals surface area contributed by atoms with Crippen LogP contribution < -0.4 is 0 Å². The molecule has 2 aromatic carbocycles. The van der Waals surface area contributed by atoms with E-state index in [1.807, 2.05) is 12.1 Å². The quantitative estimate of drug-likeness (QED) is 0.366. The molecule has 19 heavy (non-hydrogen) atoms. The molecule has 0 fully saturated rings. The van der Waals surface area contributed by atoms with Crippen molar-refractivity contribution in [1.82, 2.24) is 0 Å². The van der Waals surface area contributed by atoms with E-state index < -0.39 is 0 Å². The Morgan fingerprint density at radius 3 is 1.74 bits per heavy atom. The third-order valence-electron chi connectivity index (χ3n) is 3.62. The summed E-state index contributed by atoms with van der Waals surface area (Å²) in [5, 5.41) is 4.88. The van der Waals surface area contributed by atoms with Crippen LogP contribution in [-0.2, 0) is 0 Å². The van der Waals surface area contributed by atoms with Gasteiger partial charge in [-0.2, -0.15) is 0 Å². The first-order chi connectivity index (χ1) is 9.38. The fourth-order valence-corrected chi connectivity index (χ4v) is 3.82. The van der Waals surface area contributed by atoms with E-state index in [9.17, 15) is 0 Å². The molecule has 0 radical (unpaired) electrons. The summed E-state index contributed by atoms with van der Waals surface area (Å²) in [4.78, 5) is 0. The van der Waals surface area contributed by atoms with Crippen molar-refractivity contribution in [2.45, 2.75) is 0 Å². The van der Waals surface area contributed by atoms with E-state index in [0.29, 0.717) is 0 Å². The van der Waals surface area contributed by atoms with Gasteiger partial charge in [-0.1, -0.05) is 0 Å². The summed E-state index contributed by atoms with van der Waals surface area (Å²) in [6.07, 6.45) is 3.48. The second kappa shape index (κ2) is 3.19. The maximum absolute atomic E-state index is 5.47. The van der Waals surface area contributed by atoms with Crippen LogP contribution in [0.25, 0.3) is 42.1 Å². The minimum Gasteiger partial charge on any atom is -0.464 e. The summed E-state index contributed by atoms with van der Waals surface area (Å²) in [7, 11) is 0. The maximum atomic E-state index is 5.47. The summed E-state index contributed by atoms with van der Waals surface area (Å²) in [6.45, 7) is 0. The first-order valence-electron chi connectivity index (χ1n) is 6.09. The molecule has 0 saturated heterocycles. The fraction of sp³-hybridized carbons (Fsp3) is 0. The second-order valence-electron chi connectivity index (χ2n) is 4.72. The standard InChI is InChI=1S/C16H8O2S/c1-3-17-13-7-15-11(5-9(1)13)12-6-10-2-4-18-14(10)8-16(12)19-15/h1-8H. The SMILES string of the molecule is c1cc2cc3c(cc2o1)sc1cc2occc2cc13. The van der Waals surface area contributed by atoms with Crippen molar-refractivity contribution in [2.75, 3.05) is 0 Å². The van der Waals surface area contributed by atoms with Gasteiger partial charge in [-0.15, -0.1) is 11.3 Å². The number of hydrogen-bond acceptors (Lipinski definition) is 3. The van der Waals surface area contributed by atoms with Crippen molar-refractivity contribution in [2.24, 2.45) is 0 Å². The molecule has 5 rings (SSSR count). The first-order valence-corrected chi connectivity index (χ1v) is 6.91. The summed E-state index contributed by atoms with van der Waals surface area (Å²) < 4.78 is 13.5. The molecule has 0 saturated carbocycles. The largest absolute Gasteiger partial charge is 0.464 e. The molecule has 0 aliphatic carbocycles. The third-order valence-corrected chi connectivity index (χ3v) is 4.73. The lowest BCUT2D eigenvalue weighted by atomic mass is 10.1.